The molecule has 40 heavy (non-hydrogen) atoms. The van der Waals surface area contributed by atoms with Gasteiger partial charge in [0.15, 0.2) is 0 Å². The summed E-state index contributed by atoms with van der Waals surface area (Å²) in [4.78, 5) is 23.3. The van der Waals surface area contributed by atoms with Gasteiger partial charge in [0.25, 0.3) is 5.69 Å². The van der Waals surface area contributed by atoms with Crippen molar-refractivity contribution in [3.05, 3.63) is 141 Å². The number of benzene rings is 4. The van der Waals surface area contributed by atoms with Crippen molar-refractivity contribution in [2.75, 3.05) is 0 Å². The molecule has 0 fully saturated rings. The molecule has 10 heteroatoms. The molecule has 0 bridgehead atoms. The van der Waals surface area contributed by atoms with E-state index in [1.54, 1.807) is 42.5 Å². The number of halogens is 1. The summed E-state index contributed by atoms with van der Waals surface area (Å²) in [6, 6.07) is 25.3. The Morgan fingerprint density at radius 3 is 2.42 bits per heavy atom. The first-order valence-corrected chi connectivity index (χ1v) is 12.0. The molecule has 1 aliphatic heterocycles. The number of nitrogens with zero attached hydrogens (tertiary/aromatic N) is 2. The molecule has 1 atom stereocenters. The Morgan fingerprint density at radius 1 is 1.02 bits per heavy atom. The molecule has 0 spiro atoms. The second kappa shape index (κ2) is 11.0. The maximum Gasteiger partial charge on any atom is 0.350 e. The zero-order valence-corrected chi connectivity index (χ0v) is 20.7. The van der Waals surface area contributed by atoms with Crippen LogP contribution in [0.5, 0.6) is 17.2 Å². The summed E-state index contributed by atoms with van der Waals surface area (Å²) in [5.74, 6) is -0.968. The lowest BCUT2D eigenvalue weighted by Gasteiger charge is -2.26. The molecule has 1 aliphatic rings. The molecule has 1 unspecified atom stereocenters. The van der Waals surface area contributed by atoms with E-state index in [4.69, 9.17) is 19.9 Å². The van der Waals surface area contributed by atoms with Gasteiger partial charge in [-0.15, -0.1) is 0 Å². The van der Waals surface area contributed by atoms with Crippen molar-refractivity contribution in [2.45, 2.75) is 12.5 Å². The van der Waals surface area contributed by atoms with Crippen molar-refractivity contribution in [1.82, 2.24) is 0 Å². The summed E-state index contributed by atoms with van der Waals surface area (Å²) in [7, 11) is 0. The number of esters is 1. The molecule has 1 heterocycles. The molecule has 0 amide bonds. The van der Waals surface area contributed by atoms with E-state index in [0.717, 1.165) is 11.1 Å². The maximum atomic E-state index is 13.1. The molecular formula is C30H20FN3O6. The van der Waals surface area contributed by atoms with Crippen LogP contribution in [-0.2, 0) is 6.61 Å². The van der Waals surface area contributed by atoms with Crippen LogP contribution < -0.4 is 19.9 Å². The Kier molecular flexibility index (Phi) is 7.11. The predicted octanol–water partition coefficient (Wildman–Crippen LogP) is 5.75. The molecule has 0 aromatic heterocycles. The number of nitro groups is 1. The lowest BCUT2D eigenvalue weighted by molar-refractivity contribution is -0.385. The topological polar surface area (TPSA) is 138 Å². The Bertz CT molecular complexity index is 1680. The average Bonchev–Trinajstić information content (AvgIpc) is 2.96. The quantitative estimate of drug-likeness (QED) is 0.136. The molecule has 5 rings (SSSR count). The van der Waals surface area contributed by atoms with Gasteiger partial charge in [-0.05, 0) is 47.5 Å². The van der Waals surface area contributed by atoms with E-state index in [2.05, 4.69) is 6.07 Å². The molecule has 9 nitrogen and oxygen atoms in total. The Labute approximate surface area is 227 Å². The van der Waals surface area contributed by atoms with Gasteiger partial charge in [-0.3, -0.25) is 10.1 Å². The first kappa shape index (κ1) is 25.9. The molecule has 0 aliphatic carbocycles. The minimum atomic E-state index is -0.905. The average molecular weight is 538 g/mol. The number of fused-ring (bicyclic) bond motifs is 1. The molecule has 2 N–H and O–H groups in total. The van der Waals surface area contributed by atoms with Crippen molar-refractivity contribution in [1.29, 1.82) is 5.26 Å². The summed E-state index contributed by atoms with van der Waals surface area (Å²) < 4.78 is 30.0. The monoisotopic (exact) mass is 537 g/mol. The Balaban J connectivity index is 1.38. The van der Waals surface area contributed by atoms with Crippen LogP contribution in [0.3, 0.4) is 0 Å². The highest BCUT2D eigenvalue weighted by molar-refractivity contribution is 5.95. The van der Waals surface area contributed by atoms with Gasteiger partial charge in [0.05, 0.1) is 10.8 Å². The highest BCUT2D eigenvalue weighted by Crippen LogP contribution is 2.43. The fourth-order valence-corrected chi connectivity index (χ4v) is 4.31. The molecule has 0 radical (unpaired) electrons. The van der Waals surface area contributed by atoms with E-state index in [0.29, 0.717) is 11.3 Å². The molecule has 198 valence electrons. The summed E-state index contributed by atoms with van der Waals surface area (Å²) in [6.07, 6.45) is 0. The molecule has 0 saturated carbocycles. The molecular weight excluding hydrogens is 517 g/mol. The number of hydrogen-bond donors (Lipinski definition) is 1. The number of para-hydroxylation sites is 1. The second-order valence-corrected chi connectivity index (χ2v) is 8.77. The maximum absolute atomic E-state index is 13.1. The van der Waals surface area contributed by atoms with Gasteiger partial charge >= 0.3 is 5.97 Å². The van der Waals surface area contributed by atoms with Gasteiger partial charge in [0.1, 0.15) is 46.9 Å². The first-order chi connectivity index (χ1) is 19.3. The van der Waals surface area contributed by atoms with Gasteiger partial charge in [-0.1, -0.05) is 42.5 Å². The van der Waals surface area contributed by atoms with E-state index in [9.17, 15) is 24.6 Å². The predicted molar refractivity (Wildman–Crippen MR) is 141 cm³/mol. The lowest BCUT2D eigenvalue weighted by atomic mass is 9.83. The number of ether oxygens (including phenoxy) is 3. The normalized spacial score (nSPS) is 13.9. The Morgan fingerprint density at radius 2 is 1.73 bits per heavy atom. The zero-order valence-electron chi connectivity index (χ0n) is 20.7. The number of nitriles is 1. The number of nitrogens with two attached hydrogens (primary N) is 1. The summed E-state index contributed by atoms with van der Waals surface area (Å²) in [5, 5.41) is 21.1. The Hall–Kier alpha value is -5.69. The number of allylic oxidation sites excluding steroid dienone is 1. The first-order valence-electron chi connectivity index (χ1n) is 12.0. The van der Waals surface area contributed by atoms with Crippen molar-refractivity contribution in [3.8, 4) is 23.3 Å². The van der Waals surface area contributed by atoms with E-state index >= 15 is 0 Å². The van der Waals surface area contributed by atoms with Crippen LogP contribution in [-0.4, -0.2) is 10.9 Å². The van der Waals surface area contributed by atoms with E-state index < -0.39 is 16.8 Å². The standard InChI is InChI=1S/C30H20FN3O6/c31-20-9-5-18(6-10-20)17-38-21-11-7-19(8-12-21)28-24-14-13-22(15-27(24)40-29(33)25(28)16-32)39-30(35)23-3-1-2-4-26(23)34(36)37/h1-15,28H,17,33H2. The third-order valence-corrected chi connectivity index (χ3v) is 6.25. The van der Waals surface area contributed by atoms with E-state index in [1.807, 2.05) is 0 Å². The largest absolute Gasteiger partial charge is 0.489 e. The van der Waals surface area contributed by atoms with Crippen LogP contribution in [0.2, 0.25) is 0 Å². The fraction of sp³-hybridized carbons (Fsp3) is 0.0667. The molecule has 0 saturated heterocycles. The lowest BCUT2D eigenvalue weighted by Crippen LogP contribution is -2.21. The van der Waals surface area contributed by atoms with Crippen molar-refractivity contribution < 1.29 is 28.3 Å². The third kappa shape index (κ3) is 5.30. The second-order valence-electron chi connectivity index (χ2n) is 8.77. The minimum absolute atomic E-state index is 0.0819. The SMILES string of the molecule is N#CC1=C(N)Oc2cc(OC(=O)c3ccccc3[N+](=O)[O-])ccc2C1c1ccc(OCc2ccc(F)cc2)cc1. The number of carbonyl (C=O) groups is 1. The smallest absolute Gasteiger partial charge is 0.350 e. The van der Waals surface area contributed by atoms with Crippen LogP contribution in [0, 0.1) is 27.3 Å². The minimum Gasteiger partial charge on any atom is -0.489 e. The van der Waals surface area contributed by atoms with Gasteiger partial charge in [-0.25, -0.2) is 9.18 Å². The van der Waals surface area contributed by atoms with Crippen LogP contribution in [0.15, 0.2) is 102 Å². The summed E-state index contributed by atoms with van der Waals surface area (Å²) in [6.45, 7) is 0.254. The zero-order chi connectivity index (χ0) is 28.2. The van der Waals surface area contributed by atoms with E-state index in [-0.39, 0.29) is 46.6 Å². The van der Waals surface area contributed by atoms with E-state index in [1.165, 1.54) is 48.5 Å². The highest BCUT2D eigenvalue weighted by Gasteiger charge is 2.31. The third-order valence-electron chi connectivity index (χ3n) is 6.25. The van der Waals surface area contributed by atoms with Gasteiger partial charge < -0.3 is 19.9 Å². The van der Waals surface area contributed by atoms with Crippen LogP contribution in [0.4, 0.5) is 10.1 Å². The highest BCUT2D eigenvalue weighted by atomic mass is 19.1. The molecule has 4 aromatic carbocycles. The summed E-state index contributed by atoms with van der Waals surface area (Å²) in [5.41, 5.74) is 7.87. The number of hydrogen-bond acceptors (Lipinski definition) is 8. The number of rotatable bonds is 7. The van der Waals surface area contributed by atoms with Gasteiger partial charge in [0, 0.05) is 17.7 Å². The van der Waals surface area contributed by atoms with Crippen molar-refractivity contribution in [2.24, 2.45) is 5.73 Å². The van der Waals surface area contributed by atoms with Gasteiger partial charge in [-0.2, -0.15) is 5.26 Å². The van der Waals surface area contributed by atoms with Crippen molar-refractivity contribution in [3.63, 3.8) is 0 Å². The van der Waals surface area contributed by atoms with Crippen LogP contribution >= 0.6 is 0 Å². The number of carbonyl (C=O) groups excluding carboxylic acids is 1. The van der Waals surface area contributed by atoms with Crippen LogP contribution in [0.1, 0.15) is 33.0 Å². The fourth-order valence-electron chi connectivity index (χ4n) is 4.31. The number of nitro benzene ring substituents is 1. The van der Waals surface area contributed by atoms with Crippen molar-refractivity contribution >= 4 is 11.7 Å². The van der Waals surface area contributed by atoms with Crippen LogP contribution in [0.25, 0.3) is 0 Å². The van der Waals surface area contributed by atoms with Gasteiger partial charge in [0.2, 0.25) is 5.88 Å². The molecule has 4 aromatic rings. The summed E-state index contributed by atoms with van der Waals surface area (Å²) >= 11 is 0.